The number of aromatic nitrogens is 1. The number of methoxy groups -OCH3 is 1. The molecule has 0 amide bonds. The van der Waals surface area contributed by atoms with Crippen molar-refractivity contribution in [2.45, 2.75) is 18.2 Å². The Morgan fingerprint density at radius 3 is 2.16 bits per heavy atom. The van der Waals surface area contributed by atoms with Crippen molar-refractivity contribution < 1.29 is 17.9 Å². The van der Waals surface area contributed by atoms with Gasteiger partial charge in [-0.25, -0.2) is 17.2 Å². The topological polar surface area (TPSA) is 65.4 Å². The van der Waals surface area contributed by atoms with E-state index in [1.54, 1.807) is 36.4 Å². The molecular formula is C24H20BrNO4S. The Morgan fingerprint density at radius 2 is 1.55 bits per heavy atom. The van der Waals surface area contributed by atoms with E-state index in [0.717, 1.165) is 19.6 Å². The fourth-order valence-corrected chi connectivity index (χ4v) is 5.45. The average molecular weight is 498 g/mol. The third kappa shape index (κ3) is 3.91. The van der Waals surface area contributed by atoms with E-state index in [-0.39, 0.29) is 10.6 Å². The fraction of sp³-hybridized carbons (Fsp3) is 0.125. The molecule has 0 aliphatic heterocycles. The zero-order chi connectivity index (χ0) is 22.2. The van der Waals surface area contributed by atoms with E-state index >= 15 is 0 Å². The largest absolute Gasteiger partial charge is 0.464 e. The summed E-state index contributed by atoms with van der Waals surface area (Å²) in [6, 6.07) is 21.4. The van der Waals surface area contributed by atoms with Crippen molar-refractivity contribution in [3.8, 4) is 0 Å². The molecule has 0 N–H and O–H groups in total. The van der Waals surface area contributed by atoms with E-state index < -0.39 is 16.0 Å². The standard InChI is InChI=1S/C24H20BrNO4S/c1-16-7-13-19(14-8-16)31(28,29)26-22(15-17-9-11-18(25)12-10-17)20-5-3-4-6-21(20)23(26)24(27)30-2/h3-14H,15H2,1-2H3. The Labute approximate surface area is 189 Å². The fourth-order valence-electron chi connectivity index (χ4n) is 3.63. The van der Waals surface area contributed by atoms with Crippen molar-refractivity contribution in [2.24, 2.45) is 0 Å². The lowest BCUT2D eigenvalue weighted by atomic mass is 10.1. The predicted molar refractivity (Wildman–Crippen MR) is 124 cm³/mol. The van der Waals surface area contributed by atoms with Crippen molar-refractivity contribution in [3.63, 3.8) is 0 Å². The van der Waals surface area contributed by atoms with E-state index in [0.29, 0.717) is 22.9 Å². The maximum atomic E-state index is 13.8. The van der Waals surface area contributed by atoms with Gasteiger partial charge >= 0.3 is 5.97 Å². The lowest BCUT2D eigenvalue weighted by Gasteiger charge is -2.14. The number of fused-ring (bicyclic) bond motifs is 1. The van der Waals surface area contributed by atoms with E-state index in [1.165, 1.54) is 7.11 Å². The summed E-state index contributed by atoms with van der Waals surface area (Å²) >= 11 is 3.42. The highest BCUT2D eigenvalue weighted by molar-refractivity contribution is 9.10. The van der Waals surface area contributed by atoms with Gasteiger partial charge in [0.1, 0.15) is 5.69 Å². The van der Waals surface area contributed by atoms with Gasteiger partial charge in [-0.3, -0.25) is 0 Å². The molecule has 3 aromatic carbocycles. The quantitative estimate of drug-likeness (QED) is 0.349. The number of hydrogen-bond acceptors (Lipinski definition) is 4. The van der Waals surface area contributed by atoms with Crippen LogP contribution in [0.3, 0.4) is 0 Å². The molecular weight excluding hydrogens is 478 g/mol. The van der Waals surface area contributed by atoms with E-state index in [1.807, 2.05) is 43.3 Å². The average Bonchev–Trinajstić information content (AvgIpc) is 3.10. The van der Waals surface area contributed by atoms with Crippen molar-refractivity contribution >= 4 is 42.7 Å². The molecule has 0 saturated carbocycles. The molecule has 5 nitrogen and oxygen atoms in total. The van der Waals surface area contributed by atoms with Crippen LogP contribution in [0.2, 0.25) is 0 Å². The maximum absolute atomic E-state index is 13.8. The first-order valence-electron chi connectivity index (χ1n) is 9.60. The number of benzene rings is 3. The van der Waals surface area contributed by atoms with Crippen molar-refractivity contribution in [1.82, 2.24) is 3.97 Å². The van der Waals surface area contributed by atoms with Gasteiger partial charge in [0.05, 0.1) is 12.0 Å². The van der Waals surface area contributed by atoms with Gasteiger partial charge in [0, 0.05) is 27.4 Å². The van der Waals surface area contributed by atoms with Crippen LogP contribution in [0.25, 0.3) is 10.8 Å². The van der Waals surface area contributed by atoms with Gasteiger partial charge in [0.2, 0.25) is 0 Å². The Balaban J connectivity index is 2.04. The molecule has 1 heterocycles. The number of rotatable bonds is 5. The van der Waals surface area contributed by atoms with Gasteiger partial charge in [-0.05, 0) is 36.8 Å². The molecule has 31 heavy (non-hydrogen) atoms. The van der Waals surface area contributed by atoms with Gasteiger partial charge in [-0.2, -0.15) is 0 Å². The number of ether oxygens (including phenoxy) is 1. The predicted octanol–water partition coefficient (Wildman–Crippen LogP) is 5.33. The minimum Gasteiger partial charge on any atom is -0.464 e. The summed E-state index contributed by atoms with van der Waals surface area (Å²) in [6.45, 7) is 1.89. The number of hydrogen-bond donors (Lipinski definition) is 0. The summed E-state index contributed by atoms with van der Waals surface area (Å²) in [5.41, 5.74) is 2.38. The Bertz CT molecular complexity index is 1370. The van der Waals surface area contributed by atoms with E-state index in [2.05, 4.69) is 15.9 Å². The molecule has 0 aliphatic rings. The molecule has 4 rings (SSSR count). The summed E-state index contributed by atoms with van der Waals surface area (Å²) in [4.78, 5) is 12.9. The molecule has 0 unspecified atom stereocenters. The normalized spacial score (nSPS) is 11.6. The molecule has 0 radical (unpaired) electrons. The Kier molecular flexibility index (Phi) is 5.73. The van der Waals surface area contributed by atoms with Crippen LogP contribution in [0.5, 0.6) is 0 Å². The zero-order valence-electron chi connectivity index (χ0n) is 17.0. The molecule has 0 aliphatic carbocycles. The summed E-state index contributed by atoms with van der Waals surface area (Å²) in [6.07, 6.45) is 0.329. The highest BCUT2D eigenvalue weighted by Gasteiger charge is 2.31. The molecule has 0 fully saturated rings. The minimum absolute atomic E-state index is 0.00536. The first-order chi connectivity index (χ1) is 14.8. The van der Waals surface area contributed by atoms with Gasteiger partial charge in [0.15, 0.2) is 0 Å². The SMILES string of the molecule is COC(=O)c1c2ccccc2c(Cc2ccc(Br)cc2)n1S(=O)(=O)c1ccc(C)cc1. The number of nitrogens with zero attached hydrogens (tertiary/aromatic N) is 1. The van der Waals surface area contributed by atoms with Gasteiger partial charge < -0.3 is 4.74 Å². The van der Waals surface area contributed by atoms with Crippen molar-refractivity contribution in [2.75, 3.05) is 7.11 Å². The lowest BCUT2D eigenvalue weighted by Crippen LogP contribution is -2.21. The van der Waals surface area contributed by atoms with Crippen molar-refractivity contribution in [3.05, 3.63) is 99.8 Å². The third-order valence-electron chi connectivity index (χ3n) is 5.16. The molecule has 158 valence electrons. The summed E-state index contributed by atoms with van der Waals surface area (Å²) in [5, 5.41) is 1.23. The van der Waals surface area contributed by atoms with Gasteiger partial charge in [-0.1, -0.05) is 70.0 Å². The molecule has 7 heteroatoms. The summed E-state index contributed by atoms with van der Waals surface area (Å²) in [7, 11) is -2.80. The van der Waals surface area contributed by atoms with Crippen LogP contribution in [0.1, 0.15) is 27.3 Å². The second-order valence-corrected chi connectivity index (χ2v) is 9.92. The number of aryl methyl sites for hydroxylation is 1. The number of halogens is 1. The second-order valence-electron chi connectivity index (χ2n) is 7.22. The molecule has 1 aromatic heterocycles. The Hall–Kier alpha value is -2.90. The van der Waals surface area contributed by atoms with Gasteiger partial charge in [0.25, 0.3) is 10.0 Å². The van der Waals surface area contributed by atoms with Crippen LogP contribution in [-0.2, 0) is 21.2 Å². The van der Waals surface area contributed by atoms with Gasteiger partial charge in [-0.15, -0.1) is 0 Å². The summed E-state index contributed by atoms with van der Waals surface area (Å²) < 4.78 is 34.6. The molecule has 0 atom stereocenters. The Morgan fingerprint density at radius 1 is 0.935 bits per heavy atom. The highest BCUT2D eigenvalue weighted by Crippen LogP contribution is 2.33. The van der Waals surface area contributed by atoms with Crippen LogP contribution < -0.4 is 0 Å². The number of carbonyl (C=O) groups excluding carboxylic acids is 1. The molecule has 0 bridgehead atoms. The van der Waals surface area contributed by atoms with E-state index in [4.69, 9.17) is 4.74 Å². The lowest BCUT2D eigenvalue weighted by molar-refractivity contribution is 0.0595. The minimum atomic E-state index is -4.06. The molecule has 0 saturated heterocycles. The monoisotopic (exact) mass is 497 g/mol. The number of esters is 1. The van der Waals surface area contributed by atoms with Crippen LogP contribution in [0.4, 0.5) is 0 Å². The maximum Gasteiger partial charge on any atom is 0.356 e. The van der Waals surface area contributed by atoms with Crippen molar-refractivity contribution in [1.29, 1.82) is 0 Å². The van der Waals surface area contributed by atoms with Crippen LogP contribution in [0.15, 0.2) is 82.2 Å². The zero-order valence-corrected chi connectivity index (χ0v) is 19.4. The van der Waals surface area contributed by atoms with E-state index in [9.17, 15) is 13.2 Å². The van der Waals surface area contributed by atoms with Crippen LogP contribution >= 0.6 is 15.9 Å². The smallest absolute Gasteiger partial charge is 0.356 e. The first kappa shape index (κ1) is 21.3. The molecule has 4 aromatic rings. The number of carbonyl (C=O) groups is 1. The third-order valence-corrected chi connectivity index (χ3v) is 7.44. The highest BCUT2D eigenvalue weighted by atomic mass is 79.9. The summed E-state index contributed by atoms with van der Waals surface area (Å²) in [5.74, 6) is -0.700. The second kappa shape index (κ2) is 8.32. The van der Waals surface area contributed by atoms with Crippen LogP contribution in [0, 0.1) is 6.92 Å². The molecule has 0 spiro atoms. The first-order valence-corrected chi connectivity index (χ1v) is 11.8. The van der Waals surface area contributed by atoms with Crippen LogP contribution in [-0.4, -0.2) is 25.5 Å².